The average molecular weight is 2340 g/mol. The van der Waals surface area contributed by atoms with E-state index in [0.717, 1.165) is 55.4 Å². The first-order chi connectivity index (χ1) is 59.8. The van der Waals surface area contributed by atoms with Crippen LogP contribution >= 0.6 is 0 Å². The molecule has 0 radical (unpaired) electrons. The Morgan fingerprint density at radius 2 is 0.427 bits per heavy atom. The van der Waals surface area contributed by atoms with Gasteiger partial charge < -0.3 is 0 Å². The van der Waals surface area contributed by atoms with Gasteiger partial charge in [0.2, 0.25) is 24.7 Å². The Bertz CT molecular complexity index is 2880. The third-order valence-corrected chi connectivity index (χ3v) is 15.1. The van der Waals surface area contributed by atoms with Crippen molar-refractivity contribution in [1.29, 1.82) is 0 Å². The second-order valence-electron chi connectivity index (χ2n) is 32.2. The van der Waals surface area contributed by atoms with E-state index in [-0.39, 0.29) is 34.6 Å². The highest BCUT2D eigenvalue weighted by molar-refractivity contribution is 4.96. The van der Waals surface area contributed by atoms with Gasteiger partial charge in [-0.1, -0.05) is 76.2 Å². The zero-order valence-electron chi connectivity index (χ0n) is 76.6. The summed E-state index contributed by atoms with van der Waals surface area (Å²) in [5, 5.41) is 0. The standard InChI is InChI=1S/C6H8F6.C5H3F9.C5H4F8.C5H6F6.C5H7F5.C5H9F3.C5H10F2.2C4H4F6.C4H5F5.C4H6F4.2C4H7F3.C4H8F2.C3H2F6.CH3F/c1-3-4(2,5(7,8)9)6(10,11)12;1-2(3(6,7)8,4(9,10)11)5(12,13)14;1-3(2(6)7,4(8,9)10)5(11,12)13;1-3(2,4(6,7)8)5(9,10)11;1-4(2,3(6)7)5(8,9)10;1-4(2,3)5(6,7)8;1-5(2,3)4(6)7;1-3(7,2(5)6)4(8,9)10;1-2(3(5,6)7)4(8,9)10;1-2(3(5)6)4(7,8)9;1-3(2,5)4(6,7)8;1-4(2,7)3(5)6;1-3(2)4(5,6)7;1-3(2)4(5)6;4-2(5,6)1-3(7,8)9;1-2/h3H2,1-2H3;1H3;2H,1H3;1-2H3;3H,1-2H3;1-3H3;4H,1-3H3;2*2H,1H3;2-3H,1H3;1-2H3;2*3H,1-2H3;3-4H,1-2H3;1H2;1H3. The number of alkyl halides is 75. The number of hydrogen-bond donors (Lipinski definition) is 0. The lowest BCUT2D eigenvalue weighted by Crippen LogP contribution is -2.57. The molecule has 0 N–H and O–H groups in total. The summed E-state index contributed by atoms with van der Waals surface area (Å²) in [6, 6.07) is 0. The number of halogens is 75. The van der Waals surface area contributed by atoms with E-state index in [1.54, 1.807) is 0 Å². The normalized spacial score (nSPS) is 14.6. The zero-order valence-corrected chi connectivity index (χ0v) is 76.6. The molecule has 0 heterocycles. The van der Waals surface area contributed by atoms with Gasteiger partial charge in [-0.05, 0) is 103 Å². The van der Waals surface area contributed by atoms with Crippen molar-refractivity contribution in [1.82, 2.24) is 0 Å². The van der Waals surface area contributed by atoms with Crippen molar-refractivity contribution < 1.29 is 329 Å². The van der Waals surface area contributed by atoms with Gasteiger partial charge in [-0.2, -0.15) is 250 Å². The number of hydrogen-bond acceptors (Lipinski definition) is 0. The molecule has 0 aliphatic heterocycles. The molecule has 0 bridgehead atoms. The molecule has 0 spiro atoms. The third kappa shape index (κ3) is 74.3. The van der Waals surface area contributed by atoms with E-state index in [1.807, 2.05) is 0 Å². The van der Waals surface area contributed by atoms with E-state index in [1.165, 1.54) is 34.6 Å². The summed E-state index contributed by atoms with van der Waals surface area (Å²) in [5.41, 5.74) is -32.9. The first-order valence-corrected chi connectivity index (χ1v) is 35.5. The Kier molecular flexibility index (Phi) is 73.8. The Labute approximate surface area is 763 Å². The van der Waals surface area contributed by atoms with Crippen LogP contribution in [0.1, 0.15) is 186 Å². The lowest BCUT2D eigenvalue weighted by Gasteiger charge is -2.35. The second-order valence-corrected chi connectivity index (χ2v) is 32.2. The van der Waals surface area contributed by atoms with Gasteiger partial charge >= 0.3 is 117 Å². The fourth-order valence-electron chi connectivity index (χ4n) is 2.42. The molecule has 0 aromatic rings. The van der Waals surface area contributed by atoms with Gasteiger partial charge in [0.25, 0.3) is 36.8 Å². The van der Waals surface area contributed by atoms with Crippen molar-refractivity contribution in [3.63, 3.8) is 0 Å². The molecule has 2 unspecified atom stereocenters. The summed E-state index contributed by atoms with van der Waals surface area (Å²) in [4.78, 5) is 0. The lowest BCUT2D eigenvalue weighted by atomic mass is 9.86. The van der Waals surface area contributed by atoms with E-state index in [0.29, 0.717) is 41.8 Å². The summed E-state index contributed by atoms with van der Waals surface area (Å²) in [5.74, 6) is -7.44. The summed E-state index contributed by atoms with van der Waals surface area (Å²) in [7, 11) is 0.500. The molecule has 0 amide bonds. The van der Waals surface area contributed by atoms with Crippen LogP contribution in [0.15, 0.2) is 0 Å². The van der Waals surface area contributed by atoms with E-state index in [9.17, 15) is 329 Å². The molecule has 0 nitrogen and oxygen atoms in total. The summed E-state index contributed by atoms with van der Waals surface area (Å²) in [6.45, 7) is 16.8. The molecule has 890 valence electrons. The van der Waals surface area contributed by atoms with Crippen LogP contribution < -0.4 is 0 Å². The van der Waals surface area contributed by atoms with Crippen LogP contribution in [0.5, 0.6) is 0 Å². The summed E-state index contributed by atoms with van der Waals surface area (Å²) >= 11 is 0. The molecule has 0 aromatic heterocycles. The van der Waals surface area contributed by atoms with E-state index < -0.39 is 268 Å². The Morgan fingerprint density at radius 3 is 0.427 bits per heavy atom. The highest BCUT2D eigenvalue weighted by Crippen LogP contribution is 2.60. The Hall–Kier alpha value is -5.25. The fourth-order valence-corrected chi connectivity index (χ4v) is 2.42. The minimum absolute atomic E-state index is 0.0833. The molecular weight excluding hydrogens is 2240 g/mol. The van der Waals surface area contributed by atoms with Crippen LogP contribution in [0.4, 0.5) is 329 Å². The van der Waals surface area contributed by atoms with Crippen LogP contribution in [0.25, 0.3) is 0 Å². The Morgan fingerprint density at radius 1 is 0.224 bits per heavy atom. The van der Waals surface area contributed by atoms with Crippen LogP contribution in [0.2, 0.25) is 0 Å². The molecule has 0 aliphatic carbocycles. The minimum atomic E-state index is -6.43. The largest absolute Gasteiger partial charge is 0.427 e. The molecule has 2 atom stereocenters. The van der Waals surface area contributed by atoms with Crippen LogP contribution in [0.3, 0.4) is 0 Å². The molecule has 143 heavy (non-hydrogen) atoms. The molecule has 0 aliphatic rings. The molecule has 0 saturated heterocycles. The molecule has 0 aromatic carbocycles. The topological polar surface area (TPSA) is 0 Å². The molecular formula is C68H93F75. The van der Waals surface area contributed by atoms with Crippen LogP contribution in [0, 0.1) is 61.6 Å². The van der Waals surface area contributed by atoms with E-state index in [4.69, 9.17) is 0 Å². The highest BCUT2D eigenvalue weighted by atomic mass is 19.5. The lowest BCUT2D eigenvalue weighted by molar-refractivity contribution is -0.420. The first kappa shape index (κ1) is 174. The number of rotatable bonds is 7. The third-order valence-electron chi connectivity index (χ3n) is 15.1. The van der Waals surface area contributed by atoms with Gasteiger partial charge in [0, 0.05) is 17.3 Å². The SMILES string of the molecule is CC(C(F)(F)F)(C(F)(F)F)C(F)(F)F.CC(C(F)(F)F)C(F)(F)F.CC(C(F)F)(C(F)(F)F)C(F)(F)F.CC(C(F)F)C(F)(F)F.CC(C)(C(F)(F)F)C(F)(F)F.CC(C)(C(F)F)C(F)(F)F.CC(C)(C)C(F)(F)F.CC(C)(C)C(F)F.CC(C)(F)C(F)(F)F.CC(C)(F)C(F)F.CC(C)C(F)(F)F.CC(C)C(F)F.CC(F)(C(F)F)C(F)(F)F.CCC(C)(C(F)(F)F)C(F)(F)F.CF.FC(F)(F)CC(F)(F)F. The minimum Gasteiger partial charge on any atom is -0.255 e. The van der Waals surface area contributed by atoms with Crippen LogP contribution in [-0.2, 0) is 0 Å². The highest BCUT2D eigenvalue weighted by Gasteiger charge is 2.81. The maximum Gasteiger partial charge on any atom is 0.427 e. The first-order valence-electron chi connectivity index (χ1n) is 35.5. The Balaban J connectivity index is -0.0000000866. The second kappa shape index (κ2) is 60.7. The molecule has 75 heteroatoms. The van der Waals surface area contributed by atoms with Crippen molar-refractivity contribution in [3.8, 4) is 0 Å². The van der Waals surface area contributed by atoms with Gasteiger partial charge in [0.15, 0.2) is 22.2 Å². The van der Waals surface area contributed by atoms with Gasteiger partial charge in [-0.15, -0.1) is 0 Å². The van der Waals surface area contributed by atoms with Crippen molar-refractivity contribution in [2.45, 2.75) is 365 Å². The fraction of sp³-hybridized carbons (Fsp3) is 1.00. The van der Waals surface area contributed by atoms with Crippen molar-refractivity contribution >= 4 is 0 Å². The quantitative estimate of drug-likeness (QED) is 0.223. The van der Waals surface area contributed by atoms with Gasteiger partial charge in [0.1, 0.15) is 23.7 Å². The maximum absolute atomic E-state index is 11.9. The van der Waals surface area contributed by atoms with E-state index in [2.05, 4.69) is 0 Å². The van der Waals surface area contributed by atoms with Gasteiger partial charge in [0.05, 0.1) is 12.6 Å². The summed E-state index contributed by atoms with van der Waals surface area (Å²) in [6.07, 6.45) is -127. The smallest absolute Gasteiger partial charge is 0.255 e. The predicted molar refractivity (Wildman–Crippen MR) is 358 cm³/mol. The maximum atomic E-state index is 11.9. The van der Waals surface area contributed by atoms with Crippen LogP contribution in [-0.4, -0.2) is 187 Å². The molecule has 0 rings (SSSR count). The molecule has 0 saturated carbocycles. The van der Waals surface area contributed by atoms with Crippen molar-refractivity contribution in [2.75, 3.05) is 7.18 Å². The monoisotopic (exact) mass is 2330 g/mol. The van der Waals surface area contributed by atoms with Gasteiger partial charge in [-0.25, -0.2) is 74.6 Å². The molecule has 0 fully saturated rings. The summed E-state index contributed by atoms with van der Waals surface area (Å²) < 4.78 is 856. The van der Waals surface area contributed by atoms with Crippen molar-refractivity contribution in [3.05, 3.63) is 0 Å². The van der Waals surface area contributed by atoms with E-state index >= 15 is 0 Å². The zero-order chi connectivity index (χ0) is 123. The average Bonchev–Trinajstić information content (AvgIpc) is 0.698. The van der Waals surface area contributed by atoms with Crippen molar-refractivity contribution in [2.24, 2.45) is 61.6 Å². The predicted octanol–water partition coefficient (Wildman–Crippen LogP) is 40.7. The van der Waals surface area contributed by atoms with Gasteiger partial charge in [-0.3, -0.25) is 4.39 Å².